The molecule has 0 amide bonds. The number of anilines is 1. The van der Waals surface area contributed by atoms with Gasteiger partial charge in [0.05, 0.1) is 13.5 Å². The van der Waals surface area contributed by atoms with E-state index in [9.17, 15) is 4.79 Å². The molecule has 2 N–H and O–H groups in total. The van der Waals surface area contributed by atoms with Crippen LogP contribution in [0.4, 0.5) is 5.69 Å². The second kappa shape index (κ2) is 3.81. The summed E-state index contributed by atoms with van der Waals surface area (Å²) >= 11 is 0. The SMILES string of the molecule is COc1ccc2c(c1)CC(CC(=O)O)N2. The summed E-state index contributed by atoms with van der Waals surface area (Å²) in [7, 11) is 1.62. The van der Waals surface area contributed by atoms with E-state index in [2.05, 4.69) is 5.32 Å². The van der Waals surface area contributed by atoms with Crippen LogP contribution >= 0.6 is 0 Å². The van der Waals surface area contributed by atoms with Crippen LogP contribution in [0.3, 0.4) is 0 Å². The van der Waals surface area contributed by atoms with Crippen molar-refractivity contribution in [2.45, 2.75) is 18.9 Å². The summed E-state index contributed by atoms with van der Waals surface area (Å²) in [6.45, 7) is 0. The van der Waals surface area contributed by atoms with E-state index < -0.39 is 5.97 Å². The van der Waals surface area contributed by atoms with Crippen molar-refractivity contribution in [3.05, 3.63) is 23.8 Å². The molecule has 1 aliphatic rings. The molecule has 0 bridgehead atoms. The number of nitrogens with one attached hydrogen (secondary N) is 1. The first-order chi connectivity index (χ1) is 7.19. The van der Waals surface area contributed by atoms with E-state index in [1.54, 1.807) is 7.11 Å². The van der Waals surface area contributed by atoms with Gasteiger partial charge in [-0.15, -0.1) is 0 Å². The van der Waals surface area contributed by atoms with Crippen LogP contribution in [0.25, 0.3) is 0 Å². The summed E-state index contributed by atoms with van der Waals surface area (Å²) in [6.07, 6.45) is 0.899. The Morgan fingerprint density at radius 1 is 1.67 bits per heavy atom. The third-order valence-electron chi connectivity index (χ3n) is 2.56. The average Bonchev–Trinajstić information content (AvgIpc) is 2.57. The molecule has 4 nitrogen and oxygen atoms in total. The third-order valence-corrected chi connectivity index (χ3v) is 2.56. The van der Waals surface area contributed by atoms with Crippen LogP contribution in [0.2, 0.25) is 0 Å². The number of aliphatic carboxylic acids is 1. The molecule has 2 rings (SSSR count). The summed E-state index contributed by atoms with van der Waals surface area (Å²) in [5, 5.41) is 11.9. The Hall–Kier alpha value is -1.71. The number of rotatable bonds is 3. The molecule has 1 heterocycles. The van der Waals surface area contributed by atoms with E-state index >= 15 is 0 Å². The van der Waals surface area contributed by atoms with Gasteiger partial charge in [0.15, 0.2) is 0 Å². The van der Waals surface area contributed by atoms with Crippen molar-refractivity contribution in [2.75, 3.05) is 12.4 Å². The van der Waals surface area contributed by atoms with Crippen LogP contribution in [-0.4, -0.2) is 24.2 Å². The molecule has 4 heteroatoms. The lowest BCUT2D eigenvalue weighted by molar-refractivity contribution is -0.137. The van der Waals surface area contributed by atoms with Gasteiger partial charge in [0.25, 0.3) is 0 Å². The van der Waals surface area contributed by atoms with Gasteiger partial charge in [-0.05, 0) is 30.2 Å². The van der Waals surface area contributed by atoms with Gasteiger partial charge in [0, 0.05) is 11.7 Å². The Morgan fingerprint density at radius 3 is 3.13 bits per heavy atom. The van der Waals surface area contributed by atoms with Crippen LogP contribution in [0.15, 0.2) is 18.2 Å². The first-order valence-corrected chi connectivity index (χ1v) is 4.84. The molecule has 0 spiro atoms. The minimum absolute atomic E-state index is 0.00426. The second-order valence-electron chi connectivity index (χ2n) is 3.67. The maximum absolute atomic E-state index is 10.6. The number of benzene rings is 1. The molecular weight excluding hydrogens is 194 g/mol. The predicted octanol–water partition coefficient (Wildman–Crippen LogP) is 1.51. The monoisotopic (exact) mass is 207 g/mol. The van der Waals surface area contributed by atoms with Crippen molar-refractivity contribution in [3.63, 3.8) is 0 Å². The van der Waals surface area contributed by atoms with Gasteiger partial charge in [0.2, 0.25) is 0 Å². The Labute approximate surface area is 87.9 Å². The zero-order valence-corrected chi connectivity index (χ0v) is 8.49. The number of ether oxygens (including phenoxy) is 1. The molecule has 1 atom stereocenters. The third kappa shape index (κ3) is 2.03. The summed E-state index contributed by atoms with van der Waals surface area (Å²) in [5.41, 5.74) is 2.14. The topological polar surface area (TPSA) is 58.6 Å². The Bertz CT molecular complexity index is 389. The van der Waals surface area contributed by atoms with Crippen molar-refractivity contribution in [2.24, 2.45) is 0 Å². The number of fused-ring (bicyclic) bond motifs is 1. The molecular formula is C11H13NO3. The molecule has 80 valence electrons. The van der Waals surface area contributed by atoms with Crippen molar-refractivity contribution in [1.29, 1.82) is 0 Å². The molecule has 1 aromatic carbocycles. The number of carboxylic acids is 1. The van der Waals surface area contributed by atoms with Crippen molar-refractivity contribution in [1.82, 2.24) is 0 Å². The van der Waals surface area contributed by atoms with Gasteiger partial charge in [0.1, 0.15) is 5.75 Å². The summed E-state index contributed by atoms with van der Waals surface area (Å²) in [6, 6.07) is 5.75. The maximum Gasteiger partial charge on any atom is 0.305 e. The number of hydrogen-bond acceptors (Lipinski definition) is 3. The summed E-state index contributed by atoms with van der Waals surface area (Å²) in [4.78, 5) is 10.6. The highest BCUT2D eigenvalue weighted by Gasteiger charge is 2.22. The van der Waals surface area contributed by atoms with Crippen molar-refractivity contribution in [3.8, 4) is 5.75 Å². The predicted molar refractivity (Wildman–Crippen MR) is 56.4 cm³/mol. The van der Waals surface area contributed by atoms with Gasteiger partial charge < -0.3 is 15.2 Å². The molecule has 1 aliphatic heterocycles. The van der Waals surface area contributed by atoms with Gasteiger partial charge in [-0.25, -0.2) is 0 Å². The van der Waals surface area contributed by atoms with Gasteiger partial charge in [-0.1, -0.05) is 0 Å². The number of methoxy groups -OCH3 is 1. The minimum atomic E-state index is -0.771. The molecule has 0 saturated heterocycles. The van der Waals surface area contributed by atoms with Crippen LogP contribution in [-0.2, 0) is 11.2 Å². The largest absolute Gasteiger partial charge is 0.497 e. The van der Waals surface area contributed by atoms with Crippen LogP contribution in [0.1, 0.15) is 12.0 Å². The first-order valence-electron chi connectivity index (χ1n) is 4.84. The first kappa shape index (κ1) is 9.83. The van der Waals surface area contributed by atoms with E-state index in [1.807, 2.05) is 18.2 Å². The fraction of sp³-hybridized carbons (Fsp3) is 0.364. The lowest BCUT2D eigenvalue weighted by Gasteiger charge is -2.06. The summed E-state index contributed by atoms with van der Waals surface area (Å²) < 4.78 is 5.11. The average molecular weight is 207 g/mol. The highest BCUT2D eigenvalue weighted by Crippen LogP contribution is 2.30. The lowest BCUT2D eigenvalue weighted by Crippen LogP contribution is -2.19. The molecule has 0 aromatic heterocycles. The smallest absolute Gasteiger partial charge is 0.305 e. The standard InChI is InChI=1S/C11H13NO3/c1-15-9-2-3-10-7(5-9)4-8(12-10)6-11(13)14/h2-3,5,8,12H,4,6H2,1H3,(H,13,14). The van der Waals surface area contributed by atoms with Crippen LogP contribution in [0, 0.1) is 0 Å². The molecule has 15 heavy (non-hydrogen) atoms. The molecule has 0 saturated carbocycles. The van der Waals surface area contributed by atoms with Gasteiger partial charge >= 0.3 is 5.97 Å². The van der Waals surface area contributed by atoms with Crippen molar-refractivity contribution < 1.29 is 14.6 Å². The normalized spacial score (nSPS) is 18.1. The van der Waals surface area contributed by atoms with Crippen molar-refractivity contribution >= 4 is 11.7 Å². The van der Waals surface area contributed by atoms with E-state index in [4.69, 9.17) is 9.84 Å². The van der Waals surface area contributed by atoms with E-state index in [-0.39, 0.29) is 12.5 Å². The number of carbonyl (C=O) groups is 1. The second-order valence-corrected chi connectivity index (χ2v) is 3.67. The Balaban J connectivity index is 2.13. The molecule has 0 aliphatic carbocycles. The number of hydrogen-bond donors (Lipinski definition) is 2. The summed E-state index contributed by atoms with van der Waals surface area (Å²) in [5.74, 6) is 0.0406. The van der Waals surface area contributed by atoms with E-state index in [0.717, 1.165) is 23.4 Å². The highest BCUT2D eigenvalue weighted by atomic mass is 16.5. The fourth-order valence-corrected chi connectivity index (χ4v) is 1.88. The highest BCUT2D eigenvalue weighted by molar-refractivity contribution is 5.70. The Morgan fingerprint density at radius 2 is 2.47 bits per heavy atom. The maximum atomic E-state index is 10.6. The minimum Gasteiger partial charge on any atom is -0.497 e. The zero-order chi connectivity index (χ0) is 10.8. The molecule has 1 unspecified atom stereocenters. The van der Waals surface area contributed by atoms with Gasteiger partial charge in [-0.2, -0.15) is 0 Å². The van der Waals surface area contributed by atoms with E-state index in [0.29, 0.717) is 0 Å². The number of carboxylic acid groups (broad SMARTS) is 1. The molecule has 0 radical (unpaired) electrons. The Kier molecular flexibility index (Phi) is 2.49. The molecule has 0 fully saturated rings. The van der Waals surface area contributed by atoms with Gasteiger partial charge in [-0.3, -0.25) is 4.79 Å². The zero-order valence-electron chi connectivity index (χ0n) is 8.49. The quantitative estimate of drug-likeness (QED) is 0.788. The molecule has 1 aromatic rings. The van der Waals surface area contributed by atoms with Crippen LogP contribution < -0.4 is 10.1 Å². The van der Waals surface area contributed by atoms with Crippen LogP contribution in [0.5, 0.6) is 5.75 Å². The van der Waals surface area contributed by atoms with E-state index in [1.165, 1.54) is 0 Å². The fourth-order valence-electron chi connectivity index (χ4n) is 1.88. The lowest BCUT2D eigenvalue weighted by atomic mass is 10.1.